The Bertz CT molecular complexity index is 636. The van der Waals surface area contributed by atoms with Gasteiger partial charge in [0.1, 0.15) is 5.69 Å². The highest BCUT2D eigenvalue weighted by Crippen LogP contribution is 2.28. The molecule has 0 aliphatic rings. The van der Waals surface area contributed by atoms with Crippen molar-refractivity contribution in [3.63, 3.8) is 0 Å². The number of benzene rings is 2. The first kappa shape index (κ1) is 15.0. The van der Waals surface area contributed by atoms with Crippen LogP contribution < -0.4 is 5.32 Å². The van der Waals surface area contributed by atoms with E-state index in [2.05, 4.69) is 31.3 Å². The van der Waals surface area contributed by atoms with Crippen molar-refractivity contribution in [1.29, 1.82) is 0 Å². The summed E-state index contributed by atoms with van der Waals surface area (Å²) in [6, 6.07) is 15.4. The van der Waals surface area contributed by atoms with Crippen molar-refractivity contribution in [3.05, 3.63) is 69.8 Å². The second-order valence-corrected chi connectivity index (χ2v) is 5.88. The Morgan fingerprint density at radius 2 is 1.81 bits per heavy atom. The van der Waals surface area contributed by atoms with E-state index in [0.717, 1.165) is 5.56 Å². The van der Waals surface area contributed by atoms with Crippen LogP contribution in [0.1, 0.15) is 25.0 Å². The van der Waals surface area contributed by atoms with E-state index >= 15 is 0 Å². The van der Waals surface area contributed by atoms with E-state index in [9.17, 15) is 10.1 Å². The molecule has 0 unspecified atom stereocenters. The lowest BCUT2D eigenvalue weighted by Crippen LogP contribution is -2.27. The van der Waals surface area contributed by atoms with Gasteiger partial charge < -0.3 is 5.32 Å². The molecule has 0 atom stereocenters. The third-order valence-electron chi connectivity index (χ3n) is 3.63. The zero-order chi connectivity index (χ0) is 15.5. The first-order valence-electron chi connectivity index (χ1n) is 6.94. The van der Waals surface area contributed by atoms with Crippen LogP contribution in [0, 0.1) is 17.0 Å². The molecule has 1 N–H and O–H groups in total. The summed E-state index contributed by atoms with van der Waals surface area (Å²) in [5, 5.41) is 14.4. The van der Waals surface area contributed by atoms with Gasteiger partial charge in [-0.3, -0.25) is 10.1 Å². The molecule has 0 saturated carbocycles. The van der Waals surface area contributed by atoms with Crippen molar-refractivity contribution in [2.24, 2.45) is 0 Å². The SMILES string of the molecule is Cc1ccc(NCC(C)(C)c2ccccc2)c([N+](=O)[O-])c1. The number of anilines is 1. The van der Waals surface area contributed by atoms with Gasteiger partial charge in [-0.1, -0.05) is 50.2 Å². The monoisotopic (exact) mass is 284 g/mol. The highest BCUT2D eigenvalue weighted by molar-refractivity contribution is 5.62. The number of hydrogen-bond donors (Lipinski definition) is 1. The molecule has 0 fully saturated rings. The predicted molar refractivity (Wildman–Crippen MR) is 85.8 cm³/mol. The van der Waals surface area contributed by atoms with Crippen molar-refractivity contribution in [2.45, 2.75) is 26.2 Å². The van der Waals surface area contributed by atoms with Crippen molar-refractivity contribution in [2.75, 3.05) is 11.9 Å². The third kappa shape index (κ3) is 3.60. The molecule has 0 aliphatic heterocycles. The molecule has 0 amide bonds. The second kappa shape index (κ2) is 5.95. The van der Waals surface area contributed by atoms with Crippen molar-refractivity contribution < 1.29 is 4.92 Å². The first-order valence-corrected chi connectivity index (χ1v) is 6.94. The minimum atomic E-state index is -0.342. The lowest BCUT2D eigenvalue weighted by atomic mass is 9.84. The maximum atomic E-state index is 11.1. The van der Waals surface area contributed by atoms with Crippen LogP contribution in [0.15, 0.2) is 48.5 Å². The third-order valence-corrected chi connectivity index (χ3v) is 3.63. The Kier molecular flexibility index (Phi) is 4.26. The minimum absolute atomic E-state index is 0.111. The summed E-state index contributed by atoms with van der Waals surface area (Å²) in [7, 11) is 0. The molecule has 0 aromatic heterocycles. The topological polar surface area (TPSA) is 55.2 Å². The maximum Gasteiger partial charge on any atom is 0.292 e. The number of aryl methyl sites for hydroxylation is 1. The molecule has 0 saturated heterocycles. The molecular formula is C17H20N2O2. The Morgan fingerprint density at radius 1 is 1.14 bits per heavy atom. The van der Waals surface area contributed by atoms with Crippen LogP contribution in [0.3, 0.4) is 0 Å². The van der Waals surface area contributed by atoms with Gasteiger partial charge in [-0.15, -0.1) is 0 Å². The van der Waals surface area contributed by atoms with Crippen LogP contribution in [0.4, 0.5) is 11.4 Å². The van der Waals surface area contributed by atoms with Crippen molar-refractivity contribution >= 4 is 11.4 Å². The molecule has 4 heteroatoms. The molecule has 0 bridgehead atoms. The fraction of sp³-hybridized carbons (Fsp3) is 0.294. The summed E-state index contributed by atoms with van der Waals surface area (Å²) < 4.78 is 0. The second-order valence-electron chi connectivity index (χ2n) is 5.88. The van der Waals surface area contributed by atoms with Crippen molar-refractivity contribution in [1.82, 2.24) is 0 Å². The first-order chi connectivity index (χ1) is 9.90. The Balaban J connectivity index is 2.18. The summed E-state index contributed by atoms with van der Waals surface area (Å²) in [6.45, 7) is 6.72. The van der Waals surface area contributed by atoms with Gasteiger partial charge in [-0.2, -0.15) is 0 Å². The highest BCUT2D eigenvalue weighted by Gasteiger charge is 2.22. The molecular weight excluding hydrogens is 264 g/mol. The number of rotatable bonds is 5. The lowest BCUT2D eigenvalue weighted by molar-refractivity contribution is -0.384. The predicted octanol–water partition coefficient (Wildman–Crippen LogP) is 4.29. The number of hydrogen-bond acceptors (Lipinski definition) is 3. The largest absolute Gasteiger partial charge is 0.379 e. The fourth-order valence-electron chi connectivity index (χ4n) is 2.25. The van der Waals surface area contributed by atoms with Gasteiger partial charge in [0.15, 0.2) is 0 Å². The number of nitrogens with one attached hydrogen (secondary N) is 1. The molecule has 21 heavy (non-hydrogen) atoms. The van der Waals surface area contributed by atoms with Crippen LogP contribution in [-0.2, 0) is 5.41 Å². The van der Waals surface area contributed by atoms with Gasteiger partial charge in [0.05, 0.1) is 4.92 Å². The number of nitrogens with zero attached hydrogens (tertiary/aromatic N) is 1. The molecule has 0 spiro atoms. The Labute approximate surface area is 125 Å². The van der Waals surface area contributed by atoms with Gasteiger partial charge in [-0.25, -0.2) is 0 Å². The van der Waals surface area contributed by atoms with Gasteiger partial charge in [0.2, 0.25) is 0 Å². The molecule has 2 aromatic rings. The van der Waals surface area contributed by atoms with E-state index in [4.69, 9.17) is 0 Å². The molecule has 2 rings (SSSR count). The van der Waals surface area contributed by atoms with Crippen LogP contribution >= 0.6 is 0 Å². The van der Waals surface area contributed by atoms with Gasteiger partial charge in [0, 0.05) is 18.0 Å². The van der Waals surface area contributed by atoms with E-state index < -0.39 is 0 Å². The normalized spacial score (nSPS) is 11.2. The average molecular weight is 284 g/mol. The van der Waals surface area contributed by atoms with E-state index in [1.807, 2.05) is 31.2 Å². The minimum Gasteiger partial charge on any atom is -0.379 e. The number of nitro groups is 1. The number of nitro benzene ring substituents is 1. The summed E-state index contributed by atoms with van der Waals surface area (Å²) in [5.74, 6) is 0. The Morgan fingerprint density at radius 3 is 2.43 bits per heavy atom. The maximum absolute atomic E-state index is 11.1. The van der Waals surface area contributed by atoms with Gasteiger partial charge in [0.25, 0.3) is 5.69 Å². The Hall–Kier alpha value is -2.36. The summed E-state index contributed by atoms with van der Waals surface area (Å²) in [5.41, 5.74) is 2.66. The van der Waals surface area contributed by atoms with Gasteiger partial charge >= 0.3 is 0 Å². The summed E-state index contributed by atoms with van der Waals surface area (Å²) >= 11 is 0. The van der Waals surface area contributed by atoms with Crippen LogP contribution in [0.2, 0.25) is 0 Å². The van der Waals surface area contributed by atoms with Gasteiger partial charge in [-0.05, 0) is 24.1 Å². The molecule has 0 heterocycles. The van der Waals surface area contributed by atoms with E-state index in [-0.39, 0.29) is 16.0 Å². The molecule has 0 radical (unpaired) electrons. The quantitative estimate of drug-likeness (QED) is 0.658. The highest BCUT2D eigenvalue weighted by atomic mass is 16.6. The van der Waals surface area contributed by atoms with E-state index in [1.54, 1.807) is 12.1 Å². The van der Waals surface area contributed by atoms with Crippen LogP contribution in [0.25, 0.3) is 0 Å². The molecule has 4 nitrogen and oxygen atoms in total. The molecule has 110 valence electrons. The summed E-state index contributed by atoms with van der Waals surface area (Å²) in [4.78, 5) is 10.8. The van der Waals surface area contributed by atoms with Crippen LogP contribution in [-0.4, -0.2) is 11.5 Å². The van der Waals surface area contributed by atoms with E-state index in [0.29, 0.717) is 12.2 Å². The lowest BCUT2D eigenvalue weighted by Gasteiger charge is -2.26. The fourth-order valence-corrected chi connectivity index (χ4v) is 2.25. The zero-order valence-electron chi connectivity index (χ0n) is 12.6. The summed E-state index contributed by atoms with van der Waals surface area (Å²) in [6.07, 6.45) is 0. The zero-order valence-corrected chi connectivity index (χ0v) is 12.6. The molecule has 0 aliphatic carbocycles. The molecule has 2 aromatic carbocycles. The average Bonchev–Trinajstić information content (AvgIpc) is 2.47. The van der Waals surface area contributed by atoms with E-state index in [1.165, 1.54) is 5.56 Å². The van der Waals surface area contributed by atoms with Crippen LogP contribution in [0.5, 0.6) is 0 Å². The van der Waals surface area contributed by atoms with Crippen molar-refractivity contribution in [3.8, 4) is 0 Å². The smallest absolute Gasteiger partial charge is 0.292 e. The standard InChI is InChI=1S/C17H20N2O2/c1-13-9-10-15(16(11-13)19(20)21)18-12-17(2,3)14-7-5-4-6-8-14/h4-11,18H,12H2,1-3H3.